The molecule has 5 nitrogen and oxygen atoms in total. The zero-order valence-corrected chi connectivity index (χ0v) is 16.2. The van der Waals surface area contributed by atoms with E-state index >= 15 is 0 Å². The van der Waals surface area contributed by atoms with Crippen LogP contribution in [0.15, 0.2) is 39.9 Å². The van der Waals surface area contributed by atoms with Gasteiger partial charge in [-0.1, -0.05) is 43.3 Å². The zero-order chi connectivity index (χ0) is 17.4. The summed E-state index contributed by atoms with van der Waals surface area (Å²) in [6.45, 7) is 5.95. The van der Waals surface area contributed by atoms with Crippen molar-refractivity contribution in [1.29, 1.82) is 0 Å². The van der Waals surface area contributed by atoms with Gasteiger partial charge >= 0.3 is 0 Å². The zero-order valence-electron chi connectivity index (χ0n) is 13.8. The fourth-order valence-electron chi connectivity index (χ4n) is 2.40. The van der Waals surface area contributed by atoms with Gasteiger partial charge in [-0.2, -0.15) is 4.72 Å². The van der Waals surface area contributed by atoms with Crippen molar-refractivity contribution in [2.24, 2.45) is 5.92 Å². The van der Waals surface area contributed by atoms with E-state index in [4.69, 9.17) is 11.6 Å². The van der Waals surface area contributed by atoms with Crippen LogP contribution in [0, 0.1) is 5.92 Å². The summed E-state index contributed by atoms with van der Waals surface area (Å²) in [7, 11) is -1.49. The molecule has 0 aromatic heterocycles. The molecular formula is C15H22ClN3O2S2. The van der Waals surface area contributed by atoms with Crippen LogP contribution >= 0.6 is 23.4 Å². The molecule has 2 rings (SSSR count). The predicted molar refractivity (Wildman–Crippen MR) is 96.5 cm³/mol. The Kier molecular flexibility index (Phi) is 5.25. The number of benzene rings is 1. The van der Waals surface area contributed by atoms with Crippen molar-refractivity contribution >= 4 is 33.4 Å². The van der Waals surface area contributed by atoms with Crippen LogP contribution < -0.4 is 10.0 Å². The molecule has 2 N–H and O–H groups in total. The summed E-state index contributed by atoms with van der Waals surface area (Å²) in [5.41, 5.74) is 0.996. The number of allylic oxidation sites excluding steroid dienone is 1. The highest BCUT2D eigenvalue weighted by Gasteiger charge is 2.42. The molecule has 0 amide bonds. The second-order valence-corrected chi connectivity index (χ2v) is 9.31. The van der Waals surface area contributed by atoms with Crippen molar-refractivity contribution in [3.05, 3.63) is 40.0 Å². The highest BCUT2D eigenvalue weighted by molar-refractivity contribution is 8.03. The summed E-state index contributed by atoms with van der Waals surface area (Å²) in [6, 6.07) is 7.60. The van der Waals surface area contributed by atoms with Gasteiger partial charge in [0.25, 0.3) is 0 Å². The number of hydrogen-bond acceptors (Lipinski definition) is 5. The van der Waals surface area contributed by atoms with Crippen molar-refractivity contribution in [1.82, 2.24) is 14.9 Å². The van der Waals surface area contributed by atoms with Crippen LogP contribution in [0.2, 0.25) is 5.02 Å². The summed E-state index contributed by atoms with van der Waals surface area (Å²) in [5, 5.41) is 4.97. The van der Waals surface area contributed by atoms with E-state index < -0.39 is 15.8 Å². The minimum atomic E-state index is -3.36. The van der Waals surface area contributed by atoms with Gasteiger partial charge in [0.05, 0.1) is 11.3 Å². The second kappa shape index (κ2) is 6.55. The third-order valence-corrected chi connectivity index (χ3v) is 5.74. The molecule has 0 bridgehead atoms. The molecule has 1 aliphatic rings. The molecular weight excluding hydrogens is 354 g/mol. The quantitative estimate of drug-likeness (QED) is 0.828. The maximum Gasteiger partial charge on any atom is 0.212 e. The van der Waals surface area contributed by atoms with Gasteiger partial charge in [-0.05, 0) is 31.0 Å². The molecule has 8 heteroatoms. The van der Waals surface area contributed by atoms with Crippen LogP contribution in [0.5, 0.6) is 0 Å². The molecule has 0 radical (unpaired) electrons. The lowest BCUT2D eigenvalue weighted by Gasteiger charge is -2.35. The van der Waals surface area contributed by atoms with Gasteiger partial charge in [0.2, 0.25) is 10.0 Å². The minimum absolute atomic E-state index is 0.224. The van der Waals surface area contributed by atoms with Crippen molar-refractivity contribution < 1.29 is 8.42 Å². The summed E-state index contributed by atoms with van der Waals surface area (Å²) in [4.78, 5) is 2.91. The Labute approximate surface area is 147 Å². The first-order valence-electron chi connectivity index (χ1n) is 7.20. The fourth-order valence-corrected chi connectivity index (χ4v) is 4.83. The first-order chi connectivity index (χ1) is 10.5. The molecule has 0 saturated carbocycles. The van der Waals surface area contributed by atoms with E-state index in [0.717, 1.165) is 21.9 Å². The molecule has 1 unspecified atom stereocenters. The molecule has 1 atom stereocenters. The first kappa shape index (κ1) is 18.4. The summed E-state index contributed by atoms with van der Waals surface area (Å²) in [6.07, 6.45) is 1.16. The normalized spacial score (nSPS) is 22.0. The van der Waals surface area contributed by atoms with Gasteiger partial charge in [0.1, 0.15) is 0 Å². The number of halogens is 1. The van der Waals surface area contributed by atoms with E-state index in [2.05, 4.69) is 23.9 Å². The third-order valence-electron chi connectivity index (χ3n) is 3.56. The van der Waals surface area contributed by atoms with E-state index in [1.807, 2.05) is 43.1 Å². The molecule has 0 fully saturated rings. The van der Waals surface area contributed by atoms with Crippen molar-refractivity contribution in [3.63, 3.8) is 0 Å². The first-order valence-corrected chi connectivity index (χ1v) is 10.3. The minimum Gasteiger partial charge on any atom is -0.351 e. The lowest BCUT2D eigenvalue weighted by atomic mass is 10.1. The second-order valence-electron chi connectivity index (χ2n) is 6.06. The smallest absolute Gasteiger partial charge is 0.212 e. The molecule has 128 valence electrons. The number of nitrogens with zero attached hydrogens (tertiary/aromatic N) is 1. The highest BCUT2D eigenvalue weighted by atomic mass is 35.5. The van der Waals surface area contributed by atoms with Gasteiger partial charge in [-0.3, -0.25) is 0 Å². The predicted octanol–water partition coefficient (Wildman–Crippen LogP) is 3.02. The average Bonchev–Trinajstić information content (AvgIpc) is 2.62. The molecule has 0 saturated heterocycles. The van der Waals surface area contributed by atoms with Crippen molar-refractivity contribution in [2.45, 2.75) is 31.5 Å². The lowest BCUT2D eigenvalue weighted by molar-refractivity contribution is 0.175. The Morgan fingerprint density at radius 2 is 2.04 bits per heavy atom. The van der Waals surface area contributed by atoms with E-state index in [1.165, 1.54) is 0 Å². The third kappa shape index (κ3) is 4.35. The van der Waals surface area contributed by atoms with Crippen LogP contribution in [-0.4, -0.2) is 32.4 Å². The Morgan fingerprint density at radius 3 is 2.57 bits per heavy atom. The van der Waals surface area contributed by atoms with Gasteiger partial charge in [-0.15, -0.1) is 0 Å². The van der Waals surface area contributed by atoms with Crippen LogP contribution in [-0.2, 0) is 10.0 Å². The maximum absolute atomic E-state index is 11.7. The Balaban J connectivity index is 2.36. The van der Waals surface area contributed by atoms with Crippen molar-refractivity contribution in [2.75, 3.05) is 13.3 Å². The van der Waals surface area contributed by atoms with Gasteiger partial charge in [0.15, 0.2) is 5.79 Å². The average molecular weight is 376 g/mol. The number of nitrogens with one attached hydrogen (secondary N) is 2. The molecule has 1 aliphatic heterocycles. The summed E-state index contributed by atoms with van der Waals surface area (Å²) in [5.74, 6) is -0.670. The van der Waals surface area contributed by atoms with Crippen LogP contribution in [0.25, 0.3) is 0 Å². The molecule has 0 spiro atoms. The number of thioether (sulfide) groups is 1. The van der Waals surface area contributed by atoms with E-state index in [0.29, 0.717) is 5.02 Å². The fraction of sp³-hybridized carbons (Fsp3) is 0.467. The summed E-state index contributed by atoms with van der Waals surface area (Å²) < 4.78 is 26.1. The number of rotatable bonds is 5. The van der Waals surface area contributed by atoms with Gasteiger partial charge in [0, 0.05) is 22.7 Å². The van der Waals surface area contributed by atoms with Gasteiger partial charge < -0.3 is 10.2 Å². The van der Waals surface area contributed by atoms with Crippen LogP contribution in [0.1, 0.15) is 20.8 Å². The standard InChI is InChI=1S/C15H22ClN3O2S2/c1-10(2)13-14(22-12-8-6-7-11(16)9-12)19(4)15(3,17-13)18-23(5,20)21/h6-10,17-18H,1-5H3. The maximum atomic E-state index is 11.7. The van der Waals surface area contributed by atoms with Crippen molar-refractivity contribution in [3.8, 4) is 0 Å². The van der Waals surface area contributed by atoms with E-state index in [-0.39, 0.29) is 5.92 Å². The van der Waals surface area contributed by atoms with E-state index in [9.17, 15) is 8.42 Å². The molecule has 1 heterocycles. The molecule has 0 aliphatic carbocycles. The molecule has 23 heavy (non-hydrogen) atoms. The summed E-state index contributed by atoms with van der Waals surface area (Å²) >= 11 is 7.62. The SMILES string of the molecule is CC(C)C1=C(Sc2cccc(Cl)c2)N(C)C(C)(NS(C)(=O)=O)N1. The van der Waals surface area contributed by atoms with Crippen LogP contribution in [0.4, 0.5) is 0 Å². The Hall–Kier alpha value is -0.890. The lowest BCUT2D eigenvalue weighted by Crippen LogP contribution is -2.61. The number of sulfonamides is 1. The highest BCUT2D eigenvalue weighted by Crippen LogP contribution is 2.40. The topological polar surface area (TPSA) is 61.4 Å². The Bertz CT molecular complexity index is 734. The monoisotopic (exact) mass is 375 g/mol. The number of hydrogen-bond donors (Lipinski definition) is 2. The van der Waals surface area contributed by atoms with Gasteiger partial charge in [-0.25, -0.2) is 8.42 Å². The Morgan fingerprint density at radius 1 is 1.39 bits per heavy atom. The molecule has 1 aromatic rings. The molecule has 1 aromatic carbocycles. The largest absolute Gasteiger partial charge is 0.351 e. The van der Waals surface area contributed by atoms with Crippen LogP contribution in [0.3, 0.4) is 0 Å². The van der Waals surface area contributed by atoms with E-state index in [1.54, 1.807) is 11.8 Å².